The van der Waals surface area contributed by atoms with Crippen LogP contribution in [0.2, 0.25) is 0 Å². The lowest BCUT2D eigenvalue weighted by Crippen LogP contribution is -2.16. The number of aryl methyl sites for hydroxylation is 2. The zero-order valence-corrected chi connectivity index (χ0v) is 10.5. The summed E-state index contributed by atoms with van der Waals surface area (Å²) in [5, 5.41) is 8.77. The van der Waals surface area contributed by atoms with E-state index in [1.807, 2.05) is 18.7 Å². The molecule has 1 aromatic heterocycles. The summed E-state index contributed by atoms with van der Waals surface area (Å²) in [7, 11) is 1.97. The largest absolute Gasteiger partial charge is 0.313 e. The highest BCUT2D eigenvalue weighted by Gasteiger charge is 2.03. The smallest absolute Gasteiger partial charge is 0.0942 e. The number of hydrogen-bond donors (Lipinski definition) is 1. The van der Waals surface area contributed by atoms with Gasteiger partial charge in [-0.05, 0) is 19.5 Å². The van der Waals surface area contributed by atoms with Crippen molar-refractivity contribution in [2.75, 3.05) is 18.8 Å². The highest BCUT2D eigenvalue weighted by Crippen LogP contribution is 2.19. The van der Waals surface area contributed by atoms with E-state index in [4.69, 9.17) is 0 Å². The van der Waals surface area contributed by atoms with E-state index in [-0.39, 0.29) is 0 Å². The van der Waals surface area contributed by atoms with Gasteiger partial charge in [0.15, 0.2) is 0 Å². The summed E-state index contributed by atoms with van der Waals surface area (Å²) >= 11 is 1.79. The Hall–Kier alpha value is -0.740. The van der Waals surface area contributed by atoms with Gasteiger partial charge in [0.2, 0.25) is 0 Å². The Morgan fingerprint density at radius 3 is 2.93 bits per heavy atom. The maximum Gasteiger partial charge on any atom is 0.0942 e. The Morgan fingerprint density at radius 1 is 1.67 bits per heavy atom. The van der Waals surface area contributed by atoms with Crippen molar-refractivity contribution in [1.29, 1.82) is 0 Å². The van der Waals surface area contributed by atoms with Gasteiger partial charge in [-0.25, -0.2) is 0 Å². The normalized spacial score (nSPS) is 10.6. The monoisotopic (exact) mass is 225 g/mol. The van der Waals surface area contributed by atoms with E-state index in [9.17, 15) is 0 Å². The highest BCUT2D eigenvalue weighted by atomic mass is 32.2. The summed E-state index contributed by atoms with van der Waals surface area (Å²) in [4.78, 5) is 0. The first kappa shape index (κ1) is 12.3. The van der Waals surface area contributed by atoms with Crippen LogP contribution in [0, 0.1) is 6.92 Å². The molecular formula is C11H19N3S. The van der Waals surface area contributed by atoms with E-state index in [1.54, 1.807) is 11.8 Å². The molecule has 0 saturated heterocycles. The lowest BCUT2D eigenvalue weighted by molar-refractivity contribution is 0.692. The number of aromatic nitrogens is 2. The fourth-order valence-electron chi connectivity index (χ4n) is 1.25. The van der Waals surface area contributed by atoms with Crippen molar-refractivity contribution < 1.29 is 0 Å². The minimum Gasteiger partial charge on any atom is -0.313 e. The summed E-state index contributed by atoms with van der Waals surface area (Å²) in [5.74, 6) is 0.950. The number of thioether (sulfide) groups is 1. The molecule has 1 heterocycles. The number of nitrogens with one attached hydrogen (secondary N) is 1. The van der Waals surface area contributed by atoms with E-state index < -0.39 is 0 Å². The van der Waals surface area contributed by atoms with Gasteiger partial charge in [-0.15, -0.1) is 11.8 Å². The van der Waals surface area contributed by atoms with Crippen molar-refractivity contribution in [3.8, 4) is 0 Å². The second kappa shape index (κ2) is 5.98. The molecule has 0 atom stereocenters. The molecule has 1 rings (SSSR count). The van der Waals surface area contributed by atoms with Crippen LogP contribution < -0.4 is 5.32 Å². The summed E-state index contributed by atoms with van der Waals surface area (Å²) in [6.45, 7) is 10.0. The first-order valence-corrected chi connectivity index (χ1v) is 6.13. The summed E-state index contributed by atoms with van der Waals surface area (Å²) < 4.78 is 1.92. The molecule has 0 bridgehead atoms. The van der Waals surface area contributed by atoms with Crippen molar-refractivity contribution in [2.24, 2.45) is 7.05 Å². The molecule has 0 aliphatic carbocycles. The van der Waals surface area contributed by atoms with Crippen molar-refractivity contribution in [1.82, 2.24) is 15.1 Å². The van der Waals surface area contributed by atoms with Gasteiger partial charge in [0.1, 0.15) is 0 Å². The number of rotatable bonds is 6. The van der Waals surface area contributed by atoms with Crippen molar-refractivity contribution >= 4 is 11.8 Å². The van der Waals surface area contributed by atoms with Crippen molar-refractivity contribution in [2.45, 2.75) is 18.9 Å². The Labute approximate surface area is 95.9 Å². The Kier molecular flexibility index (Phi) is 4.91. The predicted octanol–water partition coefficient (Wildman–Crippen LogP) is 1.99. The molecule has 15 heavy (non-hydrogen) atoms. The minimum atomic E-state index is 0.903. The van der Waals surface area contributed by atoms with Gasteiger partial charge < -0.3 is 5.32 Å². The number of likely N-dealkylation sites (N-methyl/N-ethyl adjacent to an activating group) is 1. The summed E-state index contributed by atoms with van der Waals surface area (Å²) in [6.07, 6.45) is 0. The van der Waals surface area contributed by atoms with Crippen LogP contribution in [0.1, 0.15) is 12.6 Å². The molecule has 0 amide bonds. The fourth-order valence-corrected chi connectivity index (χ4v) is 2.19. The Balaban J connectivity index is 2.36. The van der Waals surface area contributed by atoms with E-state index in [1.165, 1.54) is 10.6 Å². The summed E-state index contributed by atoms with van der Waals surface area (Å²) in [5.41, 5.74) is 2.29. The summed E-state index contributed by atoms with van der Waals surface area (Å²) in [6, 6.07) is 2.10. The van der Waals surface area contributed by atoms with Crippen molar-refractivity contribution in [3.63, 3.8) is 0 Å². The molecule has 0 aliphatic heterocycles. The van der Waals surface area contributed by atoms with Crippen LogP contribution in [0.25, 0.3) is 0 Å². The van der Waals surface area contributed by atoms with Gasteiger partial charge in [-0.2, -0.15) is 5.10 Å². The van der Waals surface area contributed by atoms with Crippen LogP contribution >= 0.6 is 11.8 Å². The van der Waals surface area contributed by atoms with Crippen molar-refractivity contribution in [3.05, 3.63) is 23.9 Å². The second-order valence-corrected chi connectivity index (χ2v) is 4.56. The molecule has 0 aromatic carbocycles. The molecule has 1 aromatic rings. The third-order valence-electron chi connectivity index (χ3n) is 2.01. The SMILES string of the molecule is C=C(CNCC)CSc1cc(C)nn1C. The standard InChI is InChI=1S/C11H19N3S/c1-5-12-7-9(2)8-15-11-6-10(3)13-14(11)4/h6,12H,2,5,7-8H2,1,3-4H3. The zero-order valence-electron chi connectivity index (χ0n) is 9.71. The predicted molar refractivity (Wildman–Crippen MR) is 66.4 cm³/mol. The molecular weight excluding hydrogens is 206 g/mol. The average molecular weight is 225 g/mol. The number of nitrogens with zero attached hydrogens (tertiary/aromatic N) is 2. The van der Waals surface area contributed by atoms with E-state index in [0.717, 1.165) is 24.5 Å². The van der Waals surface area contributed by atoms with Gasteiger partial charge in [0.05, 0.1) is 10.7 Å². The van der Waals surface area contributed by atoms with Crippen LogP contribution in [0.3, 0.4) is 0 Å². The van der Waals surface area contributed by atoms with Gasteiger partial charge in [0.25, 0.3) is 0 Å². The lowest BCUT2D eigenvalue weighted by atomic mass is 10.3. The number of hydrogen-bond acceptors (Lipinski definition) is 3. The molecule has 3 nitrogen and oxygen atoms in total. The Bertz CT molecular complexity index is 331. The lowest BCUT2D eigenvalue weighted by Gasteiger charge is -2.05. The van der Waals surface area contributed by atoms with Gasteiger partial charge in [-0.3, -0.25) is 4.68 Å². The van der Waals surface area contributed by atoms with E-state index in [2.05, 4.69) is 30.0 Å². The van der Waals surface area contributed by atoms with Crippen LogP contribution in [-0.4, -0.2) is 28.6 Å². The molecule has 0 saturated carbocycles. The highest BCUT2D eigenvalue weighted by molar-refractivity contribution is 7.99. The van der Waals surface area contributed by atoms with Gasteiger partial charge >= 0.3 is 0 Å². The molecule has 4 heteroatoms. The molecule has 1 N–H and O–H groups in total. The second-order valence-electron chi connectivity index (χ2n) is 3.57. The molecule has 0 spiro atoms. The minimum absolute atomic E-state index is 0.903. The van der Waals surface area contributed by atoms with Crippen LogP contribution in [0.5, 0.6) is 0 Å². The zero-order chi connectivity index (χ0) is 11.3. The molecule has 0 unspecified atom stereocenters. The average Bonchev–Trinajstić information content (AvgIpc) is 2.51. The first-order chi connectivity index (χ1) is 7.13. The molecule has 0 aliphatic rings. The fraction of sp³-hybridized carbons (Fsp3) is 0.545. The topological polar surface area (TPSA) is 29.9 Å². The van der Waals surface area contributed by atoms with Crippen LogP contribution in [0.15, 0.2) is 23.2 Å². The molecule has 84 valence electrons. The van der Waals surface area contributed by atoms with E-state index >= 15 is 0 Å². The maximum absolute atomic E-state index is 4.30. The Morgan fingerprint density at radius 2 is 2.40 bits per heavy atom. The van der Waals surface area contributed by atoms with Gasteiger partial charge in [0, 0.05) is 19.3 Å². The molecule has 0 fully saturated rings. The third kappa shape index (κ3) is 4.10. The van der Waals surface area contributed by atoms with Crippen LogP contribution in [0.4, 0.5) is 0 Å². The quantitative estimate of drug-likeness (QED) is 0.593. The van der Waals surface area contributed by atoms with E-state index in [0.29, 0.717) is 0 Å². The first-order valence-electron chi connectivity index (χ1n) is 5.14. The maximum atomic E-state index is 4.30. The molecule has 0 radical (unpaired) electrons. The van der Waals surface area contributed by atoms with Crippen LogP contribution in [-0.2, 0) is 7.05 Å². The third-order valence-corrected chi connectivity index (χ3v) is 3.24. The van der Waals surface area contributed by atoms with Gasteiger partial charge in [-0.1, -0.05) is 19.1 Å².